The van der Waals surface area contributed by atoms with Gasteiger partial charge in [0.15, 0.2) is 0 Å². The molecule has 0 N–H and O–H groups in total. The van der Waals surface area contributed by atoms with Crippen LogP contribution in [0.15, 0.2) is 88.9 Å². The highest BCUT2D eigenvalue weighted by Gasteiger charge is 2.37. The highest BCUT2D eigenvalue weighted by Crippen LogP contribution is 2.38. The Hall–Kier alpha value is -3.32. The maximum atomic E-state index is 13.4. The van der Waals surface area contributed by atoms with Crippen molar-refractivity contribution in [3.63, 3.8) is 0 Å². The fourth-order valence-corrected chi connectivity index (χ4v) is 4.94. The van der Waals surface area contributed by atoms with Crippen LogP contribution in [0.2, 0.25) is 0 Å². The number of sulfonamides is 1. The zero-order chi connectivity index (χ0) is 21.1. The zero-order valence-electron chi connectivity index (χ0n) is 16.7. The average molecular weight is 423 g/mol. The predicted octanol–water partition coefficient (Wildman–Crippen LogP) is 4.24. The molecule has 6 nitrogen and oxygen atoms in total. The number of hydrazone groups is 1. The first-order chi connectivity index (χ1) is 14.5. The van der Waals surface area contributed by atoms with E-state index in [0.717, 1.165) is 11.1 Å². The monoisotopic (exact) mass is 422 g/mol. The Morgan fingerprint density at radius 1 is 0.867 bits per heavy atom. The van der Waals surface area contributed by atoms with Crippen molar-refractivity contribution >= 4 is 15.7 Å². The molecular weight excluding hydrogens is 400 g/mol. The summed E-state index contributed by atoms with van der Waals surface area (Å²) >= 11 is 0. The normalized spacial score (nSPS) is 16.3. The molecule has 0 amide bonds. The maximum absolute atomic E-state index is 13.4. The number of ether oxygens (including phenoxy) is 2. The molecule has 154 valence electrons. The molecule has 0 saturated heterocycles. The van der Waals surface area contributed by atoms with Gasteiger partial charge in [0.2, 0.25) is 0 Å². The molecule has 0 saturated carbocycles. The van der Waals surface area contributed by atoms with Crippen molar-refractivity contribution in [2.24, 2.45) is 5.10 Å². The maximum Gasteiger partial charge on any atom is 0.279 e. The SMILES string of the molecule is COc1cccc(C2=NN(S(=O)(=O)c3ccccc3)[C@H](c3cccc(OC)c3)C2)c1. The van der Waals surface area contributed by atoms with Crippen molar-refractivity contribution in [3.8, 4) is 11.5 Å². The minimum Gasteiger partial charge on any atom is -0.497 e. The molecule has 1 aliphatic rings. The average Bonchev–Trinajstić information content (AvgIpc) is 3.26. The summed E-state index contributed by atoms with van der Waals surface area (Å²) in [4.78, 5) is 0.202. The Morgan fingerprint density at radius 2 is 1.53 bits per heavy atom. The van der Waals surface area contributed by atoms with Crippen molar-refractivity contribution in [1.82, 2.24) is 4.41 Å². The van der Waals surface area contributed by atoms with Gasteiger partial charge >= 0.3 is 0 Å². The van der Waals surface area contributed by atoms with Crippen LogP contribution in [0.1, 0.15) is 23.6 Å². The zero-order valence-corrected chi connectivity index (χ0v) is 17.5. The molecule has 0 bridgehead atoms. The highest BCUT2D eigenvalue weighted by atomic mass is 32.2. The third-order valence-corrected chi connectivity index (χ3v) is 6.74. The second kappa shape index (κ2) is 8.20. The van der Waals surface area contributed by atoms with Gasteiger partial charge < -0.3 is 9.47 Å². The van der Waals surface area contributed by atoms with Crippen LogP contribution >= 0.6 is 0 Å². The molecule has 0 aromatic heterocycles. The van der Waals surface area contributed by atoms with Crippen LogP contribution in [0.3, 0.4) is 0 Å². The lowest BCUT2D eigenvalue weighted by Gasteiger charge is -2.23. The summed E-state index contributed by atoms with van der Waals surface area (Å²) in [7, 11) is -0.653. The summed E-state index contributed by atoms with van der Waals surface area (Å²) in [6.45, 7) is 0. The van der Waals surface area contributed by atoms with Crippen molar-refractivity contribution < 1.29 is 17.9 Å². The number of hydrogen-bond donors (Lipinski definition) is 0. The Labute approximate surface area is 176 Å². The predicted molar refractivity (Wildman–Crippen MR) is 115 cm³/mol. The minimum atomic E-state index is -3.84. The molecule has 0 spiro atoms. The fraction of sp³-hybridized carbons (Fsp3) is 0.174. The fourth-order valence-electron chi connectivity index (χ4n) is 3.48. The number of rotatable bonds is 6. The van der Waals surface area contributed by atoms with Gasteiger partial charge in [-0.15, -0.1) is 0 Å². The van der Waals surface area contributed by atoms with Gasteiger partial charge in [0.25, 0.3) is 10.0 Å². The molecule has 0 radical (unpaired) electrons. The third-order valence-electron chi connectivity index (χ3n) is 5.04. The lowest BCUT2D eigenvalue weighted by molar-refractivity contribution is 0.368. The first-order valence-electron chi connectivity index (χ1n) is 9.48. The molecule has 7 heteroatoms. The largest absolute Gasteiger partial charge is 0.497 e. The van der Waals surface area contributed by atoms with Gasteiger partial charge in [-0.05, 0) is 42.0 Å². The Balaban J connectivity index is 1.81. The first-order valence-corrected chi connectivity index (χ1v) is 10.9. The molecule has 0 unspecified atom stereocenters. The second-order valence-corrected chi connectivity index (χ2v) is 8.66. The van der Waals surface area contributed by atoms with E-state index in [9.17, 15) is 8.42 Å². The van der Waals surface area contributed by atoms with Gasteiger partial charge in [0, 0.05) is 12.0 Å². The van der Waals surface area contributed by atoms with Crippen molar-refractivity contribution in [3.05, 3.63) is 90.0 Å². The van der Waals surface area contributed by atoms with Crippen LogP contribution in [0, 0.1) is 0 Å². The molecule has 0 aliphatic carbocycles. The third kappa shape index (κ3) is 3.76. The van der Waals surface area contributed by atoms with Gasteiger partial charge in [-0.2, -0.15) is 17.9 Å². The van der Waals surface area contributed by atoms with E-state index < -0.39 is 16.1 Å². The highest BCUT2D eigenvalue weighted by molar-refractivity contribution is 7.89. The molecule has 1 heterocycles. The molecule has 3 aromatic carbocycles. The quantitative estimate of drug-likeness (QED) is 0.596. The van der Waals surface area contributed by atoms with E-state index in [0.29, 0.717) is 23.6 Å². The summed E-state index contributed by atoms with van der Waals surface area (Å²) in [5.74, 6) is 1.36. The van der Waals surface area contributed by atoms with Crippen LogP contribution in [0.5, 0.6) is 11.5 Å². The molecule has 30 heavy (non-hydrogen) atoms. The van der Waals surface area contributed by atoms with Crippen LogP contribution in [0.25, 0.3) is 0 Å². The second-order valence-electron chi connectivity index (χ2n) is 6.87. The summed E-state index contributed by atoms with van der Waals surface area (Å²) in [5.41, 5.74) is 2.32. The van der Waals surface area contributed by atoms with E-state index in [2.05, 4.69) is 5.10 Å². The van der Waals surface area contributed by atoms with Gasteiger partial charge in [0.1, 0.15) is 11.5 Å². The lowest BCUT2D eigenvalue weighted by Crippen LogP contribution is -2.27. The topological polar surface area (TPSA) is 68.2 Å². The number of nitrogens with zero attached hydrogens (tertiary/aromatic N) is 2. The van der Waals surface area contributed by atoms with E-state index in [1.54, 1.807) is 44.6 Å². The van der Waals surface area contributed by atoms with Crippen LogP contribution in [-0.4, -0.2) is 32.8 Å². The number of hydrogen-bond acceptors (Lipinski definition) is 5. The van der Waals surface area contributed by atoms with Crippen molar-refractivity contribution in [2.75, 3.05) is 14.2 Å². The number of benzene rings is 3. The standard InChI is InChI=1S/C23H22N2O4S/c1-28-19-10-6-8-17(14-19)22-16-23(18-9-7-11-20(15-18)29-2)25(24-22)30(26,27)21-12-4-3-5-13-21/h3-15,23H,16H2,1-2H3/t23-/m0/s1. The first kappa shape index (κ1) is 20.0. The molecular formula is C23H22N2O4S. The van der Waals surface area contributed by atoms with Crippen LogP contribution < -0.4 is 9.47 Å². The molecule has 1 atom stereocenters. The Morgan fingerprint density at radius 3 is 2.23 bits per heavy atom. The van der Waals surface area contributed by atoms with Crippen molar-refractivity contribution in [2.45, 2.75) is 17.4 Å². The van der Waals surface area contributed by atoms with Gasteiger partial charge in [0.05, 0.1) is 30.9 Å². The Bertz CT molecular complexity index is 1180. The van der Waals surface area contributed by atoms with Gasteiger partial charge in [-0.1, -0.05) is 42.5 Å². The van der Waals surface area contributed by atoms with E-state index in [1.807, 2.05) is 48.5 Å². The van der Waals surface area contributed by atoms with Crippen LogP contribution in [0.4, 0.5) is 0 Å². The molecule has 0 fully saturated rings. The Kier molecular flexibility index (Phi) is 5.46. The molecule has 4 rings (SSSR count). The van der Waals surface area contributed by atoms with Crippen LogP contribution in [-0.2, 0) is 10.0 Å². The van der Waals surface area contributed by atoms with E-state index in [4.69, 9.17) is 9.47 Å². The summed E-state index contributed by atoms with van der Waals surface area (Å²) in [6.07, 6.45) is 0.437. The van der Waals surface area contributed by atoms with E-state index in [1.165, 1.54) is 4.41 Å². The summed E-state index contributed by atoms with van der Waals surface area (Å²) in [6, 6.07) is 22.8. The summed E-state index contributed by atoms with van der Waals surface area (Å²) < 4.78 is 38.7. The van der Waals surface area contributed by atoms with Gasteiger partial charge in [-0.25, -0.2) is 0 Å². The lowest BCUT2D eigenvalue weighted by atomic mass is 9.99. The van der Waals surface area contributed by atoms with Gasteiger partial charge in [-0.3, -0.25) is 0 Å². The number of methoxy groups -OCH3 is 2. The smallest absolute Gasteiger partial charge is 0.279 e. The molecule has 3 aromatic rings. The van der Waals surface area contributed by atoms with Crippen molar-refractivity contribution in [1.29, 1.82) is 0 Å². The summed E-state index contributed by atoms with van der Waals surface area (Å²) in [5, 5.41) is 4.56. The van der Waals surface area contributed by atoms with E-state index in [-0.39, 0.29) is 4.90 Å². The van der Waals surface area contributed by atoms with E-state index >= 15 is 0 Å². The molecule has 1 aliphatic heterocycles. The minimum absolute atomic E-state index is 0.202.